The second kappa shape index (κ2) is 10.8. The summed E-state index contributed by atoms with van der Waals surface area (Å²) in [5.41, 5.74) is 1.81. The summed E-state index contributed by atoms with van der Waals surface area (Å²) in [6.45, 7) is 2.00. The average molecular weight is 458 g/mol. The van der Waals surface area contributed by atoms with Gasteiger partial charge in [0.2, 0.25) is 5.91 Å². The van der Waals surface area contributed by atoms with Gasteiger partial charge >= 0.3 is 5.97 Å². The molecule has 1 aromatic heterocycles. The zero-order valence-electron chi connectivity index (χ0n) is 17.7. The van der Waals surface area contributed by atoms with E-state index in [0.717, 1.165) is 12.0 Å². The van der Waals surface area contributed by atoms with E-state index in [-0.39, 0.29) is 24.3 Å². The van der Waals surface area contributed by atoms with Gasteiger partial charge in [-0.3, -0.25) is 14.4 Å². The van der Waals surface area contributed by atoms with Crippen molar-refractivity contribution in [3.05, 3.63) is 63.3 Å². The van der Waals surface area contributed by atoms with Gasteiger partial charge in [0.05, 0.1) is 22.6 Å². The number of hydrogen-bond acceptors (Lipinski definition) is 5. The molecule has 1 heterocycles. The molecule has 0 saturated carbocycles. The zero-order valence-corrected chi connectivity index (χ0v) is 18.4. The number of unbranched alkanes of at least 4 members (excludes halogenated alkanes) is 2. The van der Waals surface area contributed by atoms with Crippen LogP contribution in [0, 0.1) is 6.92 Å². The smallest absolute Gasteiger partial charge is 0.322 e. The Labute approximate surface area is 190 Å². The highest BCUT2D eigenvalue weighted by atomic mass is 35.5. The molecule has 168 valence electrons. The molecule has 0 aliphatic heterocycles. The van der Waals surface area contributed by atoms with Crippen molar-refractivity contribution in [2.24, 2.45) is 0 Å². The van der Waals surface area contributed by atoms with Crippen LogP contribution in [-0.4, -0.2) is 30.1 Å². The summed E-state index contributed by atoms with van der Waals surface area (Å²) < 4.78 is 11.9. The molecule has 3 rings (SSSR count). The lowest BCUT2D eigenvalue weighted by Crippen LogP contribution is -2.28. The van der Waals surface area contributed by atoms with Crippen molar-refractivity contribution in [1.82, 2.24) is 5.32 Å². The molecule has 0 unspecified atom stereocenters. The number of carboxylic acid groups (broad SMARTS) is 1. The summed E-state index contributed by atoms with van der Waals surface area (Å²) in [4.78, 5) is 34.5. The van der Waals surface area contributed by atoms with Crippen molar-refractivity contribution in [3.63, 3.8) is 0 Å². The quantitative estimate of drug-likeness (QED) is 0.432. The van der Waals surface area contributed by atoms with E-state index in [1.54, 1.807) is 18.2 Å². The molecule has 2 aromatic carbocycles. The van der Waals surface area contributed by atoms with E-state index >= 15 is 0 Å². The molecule has 1 amide bonds. The van der Waals surface area contributed by atoms with Crippen LogP contribution in [0.3, 0.4) is 0 Å². The minimum Gasteiger partial charge on any atom is -0.493 e. The lowest BCUT2D eigenvalue weighted by atomic mass is 10.1. The van der Waals surface area contributed by atoms with Crippen molar-refractivity contribution in [2.45, 2.75) is 32.6 Å². The first-order valence-corrected chi connectivity index (χ1v) is 10.7. The fraction of sp³-hybridized carbons (Fsp3) is 0.292. The maximum atomic E-state index is 12.5. The van der Waals surface area contributed by atoms with Gasteiger partial charge in [-0.15, -0.1) is 0 Å². The van der Waals surface area contributed by atoms with Gasteiger partial charge in [-0.1, -0.05) is 23.7 Å². The summed E-state index contributed by atoms with van der Waals surface area (Å²) in [5, 5.41) is 11.7. The number of carboxylic acids is 1. The fourth-order valence-corrected chi connectivity index (χ4v) is 3.45. The Bertz CT molecular complexity index is 1190. The fourth-order valence-electron chi connectivity index (χ4n) is 3.24. The van der Waals surface area contributed by atoms with Crippen molar-refractivity contribution >= 4 is 34.4 Å². The number of ether oxygens (including phenoxy) is 1. The maximum absolute atomic E-state index is 12.5. The summed E-state index contributed by atoms with van der Waals surface area (Å²) >= 11 is 6.22. The van der Waals surface area contributed by atoms with Gasteiger partial charge in [0.1, 0.15) is 18.1 Å². The second-order valence-electron chi connectivity index (χ2n) is 7.42. The number of fused-ring (bicyclic) bond motifs is 1. The minimum absolute atomic E-state index is 0.184. The van der Waals surface area contributed by atoms with E-state index in [9.17, 15) is 14.4 Å². The predicted molar refractivity (Wildman–Crippen MR) is 122 cm³/mol. The molecule has 0 aliphatic carbocycles. The number of benzene rings is 2. The molecule has 0 fully saturated rings. The third-order valence-electron chi connectivity index (χ3n) is 4.85. The van der Waals surface area contributed by atoms with Gasteiger partial charge < -0.3 is 19.6 Å². The zero-order chi connectivity index (χ0) is 23.1. The number of aryl methyl sites for hydroxylation is 1. The van der Waals surface area contributed by atoms with Crippen LogP contribution >= 0.6 is 11.6 Å². The Hall–Kier alpha value is -3.32. The van der Waals surface area contributed by atoms with Crippen LogP contribution in [0.2, 0.25) is 5.02 Å². The molecule has 7 nitrogen and oxygen atoms in total. The van der Waals surface area contributed by atoms with Crippen LogP contribution in [0.1, 0.15) is 31.2 Å². The number of aliphatic carboxylic acids is 1. The molecule has 32 heavy (non-hydrogen) atoms. The monoisotopic (exact) mass is 457 g/mol. The van der Waals surface area contributed by atoms with E-state index < -0.39 is 5.97 Å². The van der Waals surface area contributed by atoms with Crippen molar-refractivity contribution < 1.29 is 23.8 Å². The third kappa shape index (κ3) is 6.11. The van der Waals surface area contributed by atoms with E-state index in [1.807, 2.05) is 25.1 Å². The SMILES string of the molecule is Cc1ccc(-c2cc(=O)c3cccc(Cl)c3o2)c(OCCCCCC(=O)NCC(=O)O)c1. The molecule has 0 spiro atoms. The molecule has 0 saturated heterocycles. The Morgan fingerprint density at radius 2 is 1.94 bits per heavy atom. The summed E-state index contributed by atoms with van der Waals surface area (Å²) in [6, 6.07) is 12.1. The Morgan fingerprint density at radius 3 is 2.72 bits per heavy atom. The van der Waals surface area contributed by atoms with Gasteiger partial charge in [0, 0.05) is 12.5 Å². The van der Waals surface area contributed by atoms with Crippen LogP contribution < -0.4 is 15.5 Å². The first-order valence-electron chi connectivity index (χ1n) is 10.3. The van der Waals surface area contributed by atoms with Crippen LogP contribution in [0.5, 0.6) is 5.75 Å². The molecule has 0 bridgehead atoms. The van der Waals surface area contributed by atoms with Gasteiger partial charge in [-0.05, 0) is 56.0 Å². The van der Waals surface area contributed by atoms with E-state index in [1.165, 1.54) is 6.07 Å². The summed E-state index contributed by atoms with van der Waals surface area (Å²) in [6.07, 6.45) is 2.37. The number of para-hydroxylation sites is 1. The molecule has 0 radical (unpaired) electrons. The molecule has 3 aromatic rings. The number of halogens is 1. The standard InChI is InChI=1S/C24H24ClNO6/c1-15-9-10-17(21-13-19(27)16-6-5-7-18(25)24(16)32-21)20(12-15)31-11-4-2-3-8-22(28)26-14-23(29)30/h5-7,9-10,12-13H,2-4,8,11,14H2,1H3,(H,26,28)(H,29,30). The highest BCUT2D eigenvalue weighted by Crippen LogP contribution is 2.33. The van der Waals surface area contributed by atoms with Crippen molar-refractivity contribution in [3.8, 4) is 17.1 Å². The lowest BCUT2D eigenvalue weighted by molar-refractivity contribution is -0.137. The van der Waals surface area contributed by atoms with Gasteiger partial charge in [0.15, 0.2) is 11.0 Å². The molecular weight excluding hydrogens is 434 g/mol. The van der Waals surface area contributed by atoms with Crippen LogP contribution in [-0.2, 0) is 9.59 Å². The largest absolute Gasteiger partial charge is 0.493 e. The Kier molecular flexibility index (Phi) is 7.89. The van der Waals surface area contributed by atoms with E-state index in [0.29, 0.717) is 52.5 Å². The normalized spacial score (nSPS) is 10.8. The summed E-state index contributed by atoms with van der Waals surface area (Å²) in [5.74, 6) is -0.371. The number of rotatable bonds is 10. The molecule has 0 aliphatic rings. The second-order valence-corrected chi connectivity index (χ2v) is 7.83. The third-order valence-corrected chi connectivity index (χ3v) is 5.15. The van der Waals surface area contributed by atoms with E-state index in [2.05, 4.69) is 5.32 Å². The van der Waals surface area contributed by atoms with E-state index in [4.69, 9.17) is 25.9 Å². The molecular formula is C24H24ClNO6. The number of amides is 1. The average Bonchev–Trinajstić information content (AvgIpc) is 2.75. The van der Waals surface area contributed by atoms with Gasteiger partial charge in [-0.2, -0.15) is 0 Å². The lowest BCUT2D eigenvalue weighted by Gasteiger charge is -2.13. The Morgan fingerprint density at radius 1 is 1.12 bits per heavy atom. The number of carbonyl (C=O) groups is 2. The van der Waals surface area contributed by atoms with Crippen molar-refractivity contribution in [1.29, 1.82) is 0 Å². The number of carbonyl (C=O) groups excluding carboxylic acids is 1. The first kappa shape index (κ1) is 23.3. The number of nitrogens with one attached hydrogen (secondary N) is 1. The number of hydrogen-bond donors (Lipinski definition) is 2. The molecule has 8 heteroatoms. The highest BCUT2D eigenvalue weighted by Gasteiger charge is 2.14. The van der Waals surface area contributed by atoms with Crippen molar-refractivity contribution in [2.75, 3.05) is 13.2 Å². The topological polar surface area (TPSA) is 106 Å². The maximum Gasteiger partial charge on any atom is 0.322 e. The predicted octanol–water partition coefficient (Wildman–Crippen LogP) is 4.56. The minimum atomic E-state index is -1.06. The Balaban J connectivity index is 1.65. The molecule has 0 atom stereocenters. The molecule has 2 N–H and O–H groups in total. The van der Waals surface area contributed by atoms with Crippen LogP contribution in [0.15, 0.2) is 51.7 Å². The first-order chi connectivity index (χ1) is 15.3. The highest BCUT2D eigenvalue weighted by molar-refractivity contribution is 6.34. The van der Waals surface area contributed by atoms with Crippen LogP contribution in [0.25, 0.3) is 22.3 Å². The summed E-state index contributed by atoms with van der Waals surface area (Å²) in [7, 11) is 0. The van der Waals surface area contributed by atoms with Gasteiger partial charge in [-0.25, -0.2) is 0 Å². The van der Waals surface area contributed by atoms with Crippen LogP contribution in [0.4, 0.5) is 0 Å². The van der Waals surface area contributed by atoms with Gasteiger partial charge in [0.25, 0.3) is 0 Å².